The molecule has 94 valence electrons. The Balaban J connectivity index is 2.25. The number of alkyl halides is 1. The molecule has 2 rings (SSSR count). The van der Waals surface area contributed by atoms with Crippen molar-refractivity contribution in [2.75, 3.05) is 0 Å². The van der Waals surface area contributed by atoms with E-state index in [2.05, 4.69) is 15.9 Å². The topological polar surface area (TPSA) is 0 Å². The molecule has 2 aromatic rings. The summed E-state index contributed by atoms with van der Waals surface area (Å²) < 4.78 is 27.2. The van der Waals surface area contributed by atoms with Gasteiger partial charge in [-0.25, -0.2) is 8.78 Å². The molecular weight excluding hydrogens is 298 g/mol. The number of benzene rings is 2. The molecule has 0 aliphatic heterocycles. The third-order valence-corrected chi connectivity index (χ3v) is 3.66. The number of hydrogen-bond donors (Lipinski definition) is 0. The monoisotopic (exact) mass is 310 g/mol. The second kappa shape index (κ2) is 5.61. The molecule has 0 saturated heterocycles. The third kappa shape index (κ3) is 2.96. The first kappa shape index (κ1) is 13.2. The van der Waals surface area contributed by atoms with Gasteiger partial charge in [-0.15, -0.1) is 0 Å². The first-order valence-electron chi connectivity index (χ1n) is 5.71. The molecule has 0 nitrogen and oxygen atoms in total. The van der Waals surface area contributed by atoms with E-state index in [1.807, 2.05) is 6.92 Å². The molecule has 0 aliphatic rings. The summed E-state index contributed by atoms with van der Waals surface area (Å²) in [5, 5.41) is 0. The van der Waals surface area contributed by atoms with Crippen LogP contribution in [0.4, 0.5) is 8.78 Å². The van der Waals surface area contributed by atoms with Crippen LogP contribution in [0, 0.1) is 18.6 Å². The van der Waals surface area contributed by atoms with E-state index in [0.29, 0.717) is 17.5 Å². The van der Waals surface area contributed by atoms with E-state index >= 15 is 0 Å². The molecule has 0 fully saturated rings. The molecule has 1 atom stereocenters. The Morgan fingerprint density at radius 1 is 1.06 bits per heavy atom. The van der Waals surface area contributed by atoms with Crippen LogP contribution in [-0.4, -0.2) is 0 Å². The van der Waals surface area contributed by atoms with E-state index in [0.717, 1.165) is 5.56 Å². The van der Waals surface area contributed by atoms with Gasteiger partial charge in [0.2, 0.25) is 0 Å². The maximum atomic E-state index is 13.7. The first-order valence-corrected chi connectivity index (χ1v) is 6.63. The lowest BCUT2D eigenvalue weighted by atomic mass is 10.0. The van der Waals surface area contributed by atoms with Gasteiger partial charge in [0.05, 0.1) is 0 Å². The lowest BCUT2D eigenvalue weighted by Crippen LogP contribution is -2.01. The van der Waals surface area contributed by atoms with Crippen molar-refractivity contribution >= 4 is 15.9 Å². The zero-order valence-corrected chi connectivity index (χ0v) is 11.5. The molecule has 3 heteroatoms. The van der Waals surface area contributed by atoms with Gasteiger partial charge in [-0.05, 0) is 31.0 Å². The van der Waals surface area contributed by atoms with Crippen LogP contribution in [-0.2, 0) is 6.42 Å². The highest BCUT2D eigenvalue weighted by atomic mass is 79.9. The molecule has 18 heavy (non-hydrogen) atoms. The molecule has 0 amide bonds. The van der Waals surface area contributed by atoms with E-state index in [1.165, 1.54) is 12.1 Å². The van der Waals surface area contributed by atoms with Gasteiger partial charge in [-0.2, -0.15) is 0 Å². The number of halogens is 3. The summed E-state index contributed by atoms with van der Waals surface area (Å²) >= 11 is 3.44. The Morgan fingerprint density at radius 2 is 1.78 bits per heavy atom. The van der Waals surface area contributed by atoms with E-state index < -0.39 is 0 Å². The maximum Gasteiger partial charge on any atom is 0.127 e. The van der Waals surface area contributed by atoms with Crippen molar-refractivity contribution in [3.63, 3.8) is 0 Å². The lowest BCUT2D eigenvalue weighted by molar-refractivity contribution is 0.594. The molecule has 2 aromatic carbocycles. The summed E-state index contributed by atoms with van der Waals surface area (Å²) in [6.07, 6.45) is 0.424. The summed E-state index contributed by atoms with van der Waals surface area (Å²) in [5.74, 6) is -0.520. The summed E-state index contributed by atoms with van der Waals surface area (Å²) in [7, 11) is 0. The van der Waals surface area contributed by atoms with Crippen LogP contribution in [0.15, 0.2) is 42.5 Å². The fourth-order valence-electron chi connectivity index (χ4n) is 1.87. The minimum Gasteiger partial charge on any atom is -0.207 e. The molecule has 0 heterocycles. The second-order valence-electron chi connectivity index (χ2n) is 4.29. The fourth-order valence-corrected chi connectivity index (χ4v) is 2.57. The van der Waals surface area contributed by atoms with Crippen molar-refractivity contribution < 1.29 is 8.78 Å². The van der Waals surface area contributed by atoms with Crippen molar-refractivity contribution in [2.45, 2.75) is 18.2 Å². The summed E-state index contributed by atoms with van der Waals surface area (Å²) in [5.41, 5.74) is 2.14. The van der Waals surface area contributed by atoms with Gasteiger partial charge >= 0.3 is 0 Å². The summed E-state index contributed by atoms with van der Waals surface area (Å²) in [6.45, 7) is 1.91. The molecule has 0 radical (unpaired) electrons. The van der Waals surface area contributed by atoms with Crippen LogP contribution in [0.2, 0.25) is 0 Å². The molecule has 1 unspecified atom stereocenters. The predicted octanol–water partition coefficient (Wildman–Crippen LogP) is 4.95. The van der Waals surface area contributed by atoms with Gasteiger partial charge < -0.3 is 0 Å². The van der Waals surface area contributed by atoms with Crippen molar-refractivity contribution in [2.24, 2.45) is 0 Å². The standard InChI is InChI=1S/C15H13BrF2/c1-10-6-7-15(18)12(8-10)13(16)9-11-4-2-3-5-14(11)17/h2-8,13H,9H2,1H3. The molecule has 0 aliphatic carbocycles. The van der Waals surface area contributed by atoms with Crippen molar-refractivity contribution in [1.82, 2.24) is 0 Å². The Bertz CT molecular complexity index is 552. The quantitative estimate of drug-likeness (QED) is 0.703. The average molecular weight is 311 g/mol. The smallest absolute Gasteiger partial charge is 0.127 e. The zero-order chi connectivity index (χ0) is 13.1. The Labute approximate surface area is 114 Å². The van der Waals surface area contributed by atoms with Crippen LogP contribution >= 0.6 is 15.9 Å². The minimum absolute atomic E-state index is 0.228. The number of rotatable bonds is 3. The maximum absolute atomic E-state index is 13.7. The number of aryl methyl sites for hydroxylation is 1. The van der Waals surface area contributed by atoms with Gasteiger partial charge in [-0.3, -0.25) is 0 Å². The molecule has 0 bridgehead atoms. The highest BCUT2D eigenvalue weighted by Crippen LogP contribution is 2.30. The molecule has 0 aromatic heterocycles. The Hall–Kier alpha value is -1.22. The van der Waals surface area contributed by atoms with Crippen molar-refractivity contribution in [3.05, 3.63) is 70.8 Å². The molecular formula is C15H13BrF2. The highest BCUT2D eigenvalue weighted by Gasteiger charge is 2.15. The van der Waals surface area contributed by atoms with Gasteiger partial charge in [0.1, 0.15) is 11.6 Å². The minimum atomic E-state index is -0.265. The third-order valence-electron chi connectivity index (χ3n) is 2.85. The molecule has 0 N–H and O–H groups in total. The Kier molecular flexibility index (Phi) is 4.12. The van der Waals surface area contributed by atoms with E-state index in [4.69, 9.17) is 0 Å². The van der Waals surface area contributed by atoms with Crippen LogP contribution < -0.4 is 0 Å². The summed E-state index contributed by atoms with van der Waals surface area (Å²) in [6, 6.07) is 11.5. The van der Waals surface area contributed by atoms with Crippen LogP contribution in [0.5, 0.6) is 0 Å². The van der Waals surface area contributed by atoms with Crippen molar-refractivity contribution in [1.29, 1.82) is 0 Å². The first-order chi connectivity index (χ1) is 8.58. The molecule has 0 saturated carbocycles. The summed E-state index contributed by atoms with van der Waals surface area (Å²) in [4.78, 5) is -0.228. The Morgan fingerprint density at radius 3 is 2.50 bits per heavy atom. The SMILES string of the molecule is Cc1ccc(F)c(C(Br)Cc2ccccc2F)c1. The van der Waals surface area contributed by atoms with Gasteiger partial charge in [0.25, 0.3) is 0 Å². The van der Waals surface area contributed by atoms with Crippen LogP contribution in [0.1, 0.15) is 21.5 Å². The number of hydrogen-bond acceptors (Lipinski definition) is 0. The van der Waals surface area contributed by atoms with Crippen molar-refractivity contribution in [3.8, 4) is 0 Å². The van der Waals surface area contributed by atoms with E-state index in [1.54, 1.807) is 30.3 Å². The second-order valence-corrected chi connectivity index (χ2v) is 5.39. The zero-order valence-electron chi connectivity index (χ0n) is 9.96. The van der Waals surface area contributed by atoms with Gasteiger partial charge in [0, 0.05) is 10.4 Å². The highest BCUT2D eigenvalue weighted by molar-refractivity contribution is 9.09. The van der Waals surface area contributed by atoms with E-state index in [9.17, 15) is 8.78 Å². The fraction of sp³-hybridized carbons (Fsp3) is 0.200. The van der Waals surface area contributed by atoms with Crippen LogP contribution in [0.25, 0.3) is 0 Å². The van der Waals surface area contributed by atoms with E-state index in [-0.39, 0.29) is 16.5 Å². The van der Waals surface area contributed by atoms with Gasteiger partial charge in [-0.1, -0.05) is 51.8 Å². The normalized spacial score (nSPS) is 12.4. The predicted molar refractivity (Wildman–Crippen MR) is 72.9 cm³/mol. The lowest BCUT2D eigenvalue weighted by Gasteiger charge is -2.12. The molecule has 0 spiro atoms. The van der Waals surface area contributed by atoms with Crippen LogP contribution in [0.3, 0.4) is 0 Å². The largest absolute Gasteiger partial charge is 0.207 e. The van der Waals surface area contributed by atoms with Gasteiger partial charge in [0.15, 0.2) is 0 Å². The average Bonchev–Trinajstić information content (AvgIpc) is 2.35.